The molecular formula is C24H36N12. The fourth-order valence-electron chi connectivity index (χ4n) is 4.75. The molecule has 0 radical (unpaired) electrons. The van der Waals surface area contributed by atoms with Crippen molar-refractivity contribution in [3.8, 4) is 0 Å². The van der Waals surface area contributed by atoms with E-state index in [1.807, 2.05) is 24.8 Å². The number of aromatic amines is 4. The third-order valence-corrected chi connectivity index (χ3v) is 6.70. The lowest BCUT2D eigenvalue weighted by atomic mass is 10.0. The molecular weight excluding hydrogens is 456 g/mol. The molecule has 12 heteroatoms. The molecule has 0 unspecified atom stereocenters. The molecule has 1 aliphatic heterocycles. The summed E-state index contributed by atoms with van der Waals surface area (Å²) in [6.45, 7) is 3.34. The zero-order chi connectivity index (χ0) is 24.4. The summed E-state index contributed by atoms with van der Waals surface area (Å²) in [4.78, 5) is 29.8. The lowest BCUT2D eigenvalue weighted by molar-refractivity contribution is 0.340. The maximum Gasteiger partial charge on any atom is 0.0921 e. The number of nitrogens with zero attached hydrogens (tertiary/aromatic N) is 4. The Hall–Kier alpha value is -3.32. The van der Waals surface area contributed by atoms with Crippen LogP contribution in [-0.2, 0) is 25.7 Å². The Morgan fingerprint density at radius 3 is 0.889 bits per heavy atom. The Bertz CT molecular complexity index is 882. The number of nitrogens with one attached hydrogen (secondary N) is 8. The van der Waals surface area contributed by atoms with Gasteiger partial charge in [0.25, 0.3) is 0 Å². The molecule has 0 spiro atoms. The third-order valence-electron chi connectivity index (χ3n) is 6.70. The van der Waals surface area contributed by atoms with E-state index in [1.54, 1.807) is 25.3 Å². The highest BCUT2D eigenvalue weighted by atomic mass is 15.1. The summed E-state index contributed by atoms with van der Waals surface area (Å²) in [5.41, 5.74) is 4.51. The van der Waals surface area contributed by atoms with Gasteiger partial charge in [-0.25, -0.2) is 19.9 Å². The lowest BCUT2D eigenvalue weighted by Gasteiger charge is -2.30. The molecule has 0 aliphatic carbocycles. The van der Waals surface area contributed by atoms with Crippen molar-refractivity contribution in [2.24, 2.45) is 0 Å². The van der Waals surface area contributed by atoms with Gasteiger partial charge in [0, 0.05) is 124 Å². The zero-order valence-corrected chi connectivity index (χ0v) is 20.4. The highest BCUT2D eigenvalue weighted by Gasteiger charge is 2.21. The van der Waals surface area contributed by atoms with Gasteiger partial charge in [0.2, 0.25) is 0 Å². The Kier molecular flexibility index (Phi) is 8.52. The quantitative estimate of drug-likeness (QED) is 0.166. The van der Waals surface area contributed by atoms with E-state index in [0.29, 0.717) is 0 Å². The second-order valence-electron chi connectivity index (χ2n) is 9.54. The molecule has 1 fully saturated rings. The first-order valence-electron chi connectivity index (χ1n) is 12.6. The Labute approximate surface area is 210 Å². The fourth-order valence-corrected chi connectivity index (χ4v) is 4.75. The highest BCUT2D eigenvalue weighted by molar-refractivity contribution is 5.04. The van der Waals surface area contributed by atoms with Crippen LogP contribution in [0, 0.1) is 0 Å². The first-order chi connectivity index (χ1) is 17.8. The molecule has 192 valence electrons. The van der Waals surface area contributed by atoms with E-state index < -0.39 is 0 Å². The smallest absolute Gasteiger partial charge is 0.0921 e. The maximum absolute atomic E-state index is 4.20. The van der Waals surface area contributed by atoms with Gasteiger partial charge in [-0.3, -0.25) is 0 Å². The average molecular weight is 493 g/mol. The monoisotopic (exact) mass is 492 g/mol. The molecule has 36 heavy (non-hydrogen) atoms. The highest BCUT2D eigenvalue weighted by Crippen LogP contribution is 2.06. The molecule has 12 nitrogen and oxygen atoms in total. The van der Waals surface area contributed by atoms with Crippen molar-refractivity contribution >= 4 is 0 Å². The Morgan fingerprint density at radius 1 is 0.444 bits per heavy atom. The van der Waals surface area contributed by atoms with E-state index in [9.17, 15) is 0 Å². The maximum atomic E-state index is 4.20. The van der Waals surface area contributed by atoms with Crippen LogP contribution in [0.3, 0.4) is 0 Å². The van der Waals surface area contributed by atoms with E-state index in [1.165, 1.54) is 0 Å². The summed E-state index contributed by atoms with van der Waals surface area (Å²) in [5.74, 6) is 0. The van der Waals surface area contributed by atoms with Crippen molar-refractivity contribution in [2.45, 2.75) is 49.9 Å². The van der Waals surface area contributed by atoms with Crippen LogP contribution in [0.15, 0.2) is 50.1 Å². The van der Waals surface area contributed by atoms with Gasteiger partial charge < -0.3 is 41.2 Å². The molecule has 0 aromatic carbocycles. The van der Waals surface area contributed by atoms with Crippen molar-refractivity contribution in [1.29, 1.82) is 0 Å². The molecule has 0 saturated carbocycles. The number of imidazole rings is 4. The second kappa shape index (κ2) is 12.6. The van der Waals surface area contributed by atoms with Crippen molar-refractivity contribution in [3.05, 3.63) is 72.9 Å². The van der Waals surface area contributed by atoms with Crippen LogP contribution in [0.1, 0.15) is 22.8 Å². The van der Waals surface area contributed by atoms with Gasteiger partial charge in [0.05, 0.1) is 25.3 Å². The van der Waals surface area contributed by atoms with Crippen LogP contribution >= 0.6 is 0 Å². The van der Waals surface area contributed by atoms with Gasteiger partial charge in [0.15, 0.2) is 0 Å². The van der Waals surface area contributed by atoms with Gasteiger partial charge in [-0.15, -0.1) is 0 Å². The van der Waals surface area contributed by atoms with Gasteiger partial charge in [-0.05, 0) is 0 Å². The number of hydrogen-bond acceptors (Lipinski definition) is 8. The van der Waals surface area contributed by atoms with Crippen LogP contribution in [0.25, 0.3) is 0 Å². The van der Waals surface area contributed by atoms with Crippen LogP contribution in [0.5, 0.6) is 0 Å². The van der Waals surface area contributed by atoms with Crippen LogP contribution < -0.4 is 21.3 Å². The minimum atomic E-state index is 0.251. The Balaban J connectivity index is 1.31. The zero-order valence-electron chi connectivity index (χ0n) is 20.4. The number of hydrogen-bond donors (Lipinski definition) is 8. The van der Waals surface area contributed by atoms with E-state index in [0.717, 1.165) is 74.6 Å². The number of rotatable bonds is 8. The predicted octanol–water partition coefficient (Wildman–Crippen LogP) is -0.304. The minimum Gasteiger partial charge on any atom is -0.348 e. The summed E-state index contributed by atoms with van der Waals surface area (Å²) in [7, 11) is 0. The molecule has 4 aromatic rings. The standard InChI is InChI=1S/C24H36N12/c1(17-5-25-13-33-17)21-9-30-23(3-19-7-27-15-35-19)11-32-24(4-20-8-28-16-36-20)12-31-22(10-29-21)2-18-6-26-14-34-18/h5-8,13-16,21-24,29-32H,1-4,9-12H2,(H,25,33)(H,26,34)(H,27,35)(H,28,36)/t21-,22-,23-,24-/m0/s1. The molecule has 4 atom stereocenters. The van der Waals surface area contributed by atoms with E-state index in [-0.39, 0.29) is 24.2 Å². The van der Waals surface area contributed by atoms with Crippen LogP contribution in [-0.4, -0.2) is 90.2 Å². The SMILES string of the molecule is c1ncc(C[C@H]2CN[C@@H](Cc3cnc[nH]3)CN[C@@H](Cc3cnc[nH]3)CN[C@@H](Cc3cnc[nH]3)CN2)[nH]1. The predicted molar refractivity (Wildman–Crippen MR) is 136 cm³/mol. The number of H-pyrrole nitrogens is 4. The first-order valence-corrected chi connectivity index (χ1v) is 12.6. The molecule has 4 aromatic heterocycles. The Morgan fingerprint density at radius 2 is 0.694 bits per heavy atom. The van der Waals surface area contributed by atoms with Crippen molar-refractivity contribution in [1.82, 2.24) is 61.1 Å². The summed E-state index contributed by atoms with van der Waals surface area (Å²) in [6, 6.07) is 1.00. The molecule has 0 bridgehead atoms. The second-order valence-corrected chi connectivity index (χ2v) is 9.54. The lowest BCUT2D eigenvalue weighted by Crippen LogP contribution is -2.55. The molecule has 8 N–H and O–H groups in total. The van der Waals surface area contributed by atoms with Crippen molar-refractivity contribution < 1.29 is 0 Å². The van der Waals surface area contributed by atoms with E-state index >= 15 is 0 Å². The minimum absolute atomic E-state index is 0.251. The topological polar surface area (TPSA) is 163 Å². The average Bonchev–Trinajstić information content (AvgIpc) is 3.69. The number of aromatic nitrogens is 8. The molecule has 1 aliphatic rings. The van der Waals surface area contributed by atoms with Gasteiger partial charge in [-0.1, -0.05) is 0 Å². The van der Waals surface area contributed by atoms with E-state index in [2.05, 4.69) is 61.1 Å². The fraction of sp³-hybridized carbons (Fsp3) is 0.500. The van der Waals surface area contributed by atoms with Gasteiger partial charge in [-0.2, -0.15) is 0 Å². The summed E-state index contributed by atoms with van der Waals surface area (Å²) >= 11 is 0. The molecule has 5 rings (SSSR count). The van der Waals surface area contributed by atoms with E-state index in [4.69, 9.17) is 0 Å². The summed E-state index contributed by atoms with van der Waals surface area (Å²) in [5, 5.41) is 15.3. The largest absolute Gasteiger partial charge is 0.348 e. The molecule has 0 amide bonds. The third kappa shape index (κ3) is 7.34. The van der Waals surface area contributed by atoms with Gasteiger partial charge >= 0.3 is 0 Å². The summed E-state index contributed by atoms with van der Waals surface area (Å²) < 4.78 is 0. The van der Waals surface area contributed by atoms with Gasteiger partial charge in [0.1, 0.15) is 0 Å². The van der Waals surface area contributed by atoms with Crippen molar-refractivity contribution in [3.63, 3.8) is 0 Å². The first kappa shape index (κ1) is 24.4. The summed E-state index contributed by atoms with van der Waals surface area (Å²) in [6.07, 6.45) is 18.1. The van der Waals surface area contributed by atoms with Crippen LogP contribution in [0.4, 0.5) is 0 Å². The molecule has 1 saturated heterocycles. The van der Waals surface area contributed by atoms with Crippen LogP contribution in [0.2, 0.25) is 0 Å². The molecule has 5 heterocycles. The van der Waals surface area contributed by atoms with Crippen molar-refractivity contribution in [2.75, 3.05) is 26.2 Å². The normalized spacial score (nSPS) is 24.2.